The number of piperazine rings is 1. The standard InChI is InChI=1S/C24H29N5O2/c1-18-24(19(2)29(26-18)21-7-5-4-6-8-21)25-23(30)17-27-13-15-28(16-14-27)20-9-11-22(31-3)12-10-20/h4-12H,13-17H2,1-3H3,(H,25,30). The highest BCUT2D eigenvalue weighted by Gasteiger charge is 2.21. The second-order valence-electron chi connectivity index (χ2n) is 7.80. The number of nitrogens with one attached hydrogen (secondary N) is 1. The van der Waals surface area contributed by atoms with Crippen LogP contribution < -0.4 is 15.0 Å². The van der Waals surface area contributed by atoms with E-state index in [-0.39, 0.29) is 5.91 Å². The van der Waals surface area contributed by atoms with E-state index in [0.717, 1.165) is 54.7 Å². The average Bonchev–Trinajstić information content (AvgIpc) is 3.08. The fourth-order valence-electron chi connectivity index (χ4n) is 3.98. The molecule has 1 saturated heterocycles. The van der Waals surface area contributed by atoms with Crippen molar-refractivity contribution in [3.63, 3.8) is 0 Å². The first-order valence-electron chi connectivity index (χ1n) is 10.6. The molecule has 0 aliphatic carbocycles. The van der Waals surface area contributed by atoms with Crippen LogP contribution in [0.15, 0.2) is 54.6 Å². The lowest BCUT2D eigenvalue weighted by atomic mass is 10.2. The van der Waals surface area contributed by atoms with Gasteiger partial charge in [-0.25, -0.2) is 4.68 Å². The maximum atomic E-state index is 12.7. The fourth-order valence-corrected chi connectivity index (χ4v) is 3.98. The predicted molar refractivity (Wildman–Crippen MR) is 123 cm³/mol. The molecule has 0 bridgehead atoms. The highest BCUT2D eigenvalue weighted by molar-refractivity contribution is 5.93. The number of anilines is 2. The first kappa shape index (κ1) is 20.9. The summed E-state index contributed by atoms with van der Waals surface area (Å²) < 4.78 is 7.11. The van der Waals surface area contributed by atoms with E-state index in [0.29, 0.717) is 6.54 Å². The molecule has 1 N–H and O–H groups in total. The summed E-state index contributed by atoms with van der Waals surface area (Å²) in [6.07, 6.45) is 0. The molecule has 0 spiro atoms. The Morgan fingerprint density at radius 3 is 2.29 bits per heavy atom. The molecular weight excluding hydrogens is 390 g/mol. The van der Waals surface area contributed by atoms with Gasteiger partial charge < -0.3 is 15.0 Å². The summed E-state index contributed by atoms with van der Waals surface area (Å²) in [5.74, 6) is 0.858. The highest BCUT2D eigenvalue weighted by atomic mass is 16.5. The number of hydrogen-bond acceptors (Lipinski definition) is 5. The van der Waals surface area contributed by atoms with Crippen molar-refractivity contribution in [1.29, 1.82) is 0 Å². The van der Waals surface area contributed by atoms with Gasteiger partial charge in [-0.05, 0) is 50.2 Å². The molecule has 7 heteroatoms. The molecule has 0 atom stereocenters. The fraction of sp³-hybridized carbons (Fsp3) is 0.333. The second-order valence-corrected chi connectivity index (χ2v) is 7.80. The molecule has 1 aliphatic rings. The number of carbonyl (C=O) groups excluding carboxylic acids is 1. The number of carbonyl (C=O) groups is 1. The van der Waals surface area contributed by atoms with E-state index in [2.05, 4.69) is 32.3 Å². The molecule has 3 aromatic rings. The monoisotopic (exact) mass is 419 g/mol. The van der Waals surface area contributed by atoms with Crippen LogP contribution in [0.4, 0.5) is 11.4 Å². The first-order chi connectivity index (χ1) is 15.0. The van der Waals surface area contributed by atoms with Gasteiger partial charge in [-0.15, -0.1) is 0 Å². The number of rotatable bonds is 6. The second kappa shape index (κ2) is 9.22. The number of benzene rings is 2. The van der Waals surface area contributed by atoms with Crippen molar-refractivity contribution in [3.8, 4) is 11.4 Å². The average molecular weight is 420 g/mol. The Morgan fingerprint density at radius 1 is 0.968 bits per heavy atom. The van der Waals surface area contributed by atoms with Crippen molar-refractivity contribution >= 4 is 17.3 Å². The molecule has 0 unspecified atom stereocenters. The van der Waals surface area contributed by atoms with Crippen molar-refractivity contribution in [1.82, 2.24) is 14.7 Å². The SMILES string of the molecule is COc1ccc(N2CCN(CC(=O)Nc3c(C)nn(-c4ccccc4)c3C)CC2)cc1. The van der Waals surface area contributed by atoms with Crippen molar-refractivity contribution in [2.45, 2.75) is 13.8 Å². The number of para-hydroxylation sites is 1. The zero-order chi connectivity index (χ0) is 21.8. The molecule has 4 rings (SSSR count). The Morgan fingerprint density at radius 2 is 1.65 bits per heavy atom. The van der Waals surface area contributed by atoms with Gasteiger partial charge in [0.15, 0.2) is 0 Å². The van der Waals surface area contributed by atoms with E-state index in [4.69, 9.17) is 4.74 Å². The molecule has 162 valence electrons. The smallest absolute Gasteiger partial charge is 0.238 e. The summed E-state index contributed by atoms with van der Waals surface area (Å²) in [5, 5.41) is 7.69. The summed E-state index contributed by atoms with van der Waals surface area (Å²) in [7, 11) is 1.68. The van der Waals surface area contributed by atoms with Gasteiger partial charge >= 0.3 is 0 Å². The van der Waals surface area contributed by atoms with Gasteiger partial charge in [0.25, 0.3) is 0 Å². The molecule has 2 heterocycles. The van der Waals surface area contributed by atoms with Crippen molar-refractivity contribution in [3.05, 3.63) is 66.0 Å². The van der Waals surface area contributed by atoms with Gasteiger partial charge in [0.2, 0.25) is 5.91 Å². The molecule has 1 aliphatic heterocycles. The van der Waals surface area contributed by atoms with Crippen LogP contribution in [0.25, 0.3) is 5.69 Å². The maximum Gasteiger partial charge on any atom is 0.238 e. The van der Waals surface area contributed by atoms with E-state index in [1.807, 2.05) is 61.0 Å². The Hall–Kier alpha value is -3.32. The van der Waals surface area contributed by atoms with Crippen LogP contribution in [0.1, 0.15) is 11.4 Å². The van der Waals surface area contributed by atoms with E-state index < -0.39 is 0 Å². The summed E-state index contributed by atoms with van der Waals surface area (Å²) in [5.41, 5.74) is 4.72. The van der Waals surface area contributed by atoms with Crippen LogP contribution in [0, 0.1) is 13.8 Å². The molecule has 0 radical (unpaired) electrons. The number of methoxy groups -OCH3 is 1. The molecular formula is C24H29N5O2. The van der Waals surface area contributed by atoms with Crippen molar-refractivity contribution in [2.24, 2.45) is 0 Å². The lowest BCUT2D eigenvalue weighted by molar-refractivity contribution is -0.117. The summed E-state index contributed by atoms with van der Waals surface area (Å²) in [4.78, 5) is 17.3. The summed E-state index contributed by atoms with van der Waals surface area (Å²) in [6.45, 7) is 7.77. The van der Waals surface area contributed by atoms with Crippen molar-refractivity contribution in [2.75, 3.05) is 50.1 Å². The maximum absolute atomic E-state index is 12.7. The van der Waals surface area contributed by atoms with Gasteiger partial charge in [-0.3, -0.25) is 9.69 Å². The minimum atomic E-state index is -0.00305. The van der Waals surface area contributed by atoms with E-state index >= 15 is 0 Å². The van der Waals surface area contributed by atoms with Crippen LogP contribution in [0.3, 0.4) is 0 Å². The van der Waals surface area contributed by atoms with Crippen LogP contribution in [-0.4, -0.2) is 60.4 Å². The van der Waals surface area contributed by atoms with Crippen LogP contribution >= 0.6 is 0 Å². The van der Waals surface area contributed by atoms with Gasteiger partial charge in [-0.2, -0.15) is 5.10 Å². The van der Waals surface area contributed by atoms with Crippen LogP contribution in [-0.2, 0) is 4.79 Å². The van der Waals surface area contributed by atoms with Gasteiger partial charge in [0.05, 0.1) is 36.4 Å². The Kier molecular flexibility index (Phi) is 6.23. The van der Waals surface area contributed by atoms with Gasteiger partial charge in [-0.1, -0.05) is 18.2 Å². The number of aromatic nitrogens is 2. The van der Waals surface area contributed by atoms with Crippen molar-refractivity contribution < 1.29 is 9.53 Å². The van der Waals surface area contributed by atoms with Crippen LogP contribution in [0.5, 0.6) is 5.75 Å². The predicted octanol–water partition coefficient (Wildman–Crippen LogP) is 3.26. The zero-order valence-electron chi connectivity index (χ0n) is 18.3. The summed E-state index contributed by atoms with van der Waals surface area (Å²) >= 11 is 0. The molecule has 1 fully saturated rings. The third-order valence-electron chi connectivity index (χ3n) is 5.73. The quantitative estimate of drug-likeness (QED) is 0.665. The van der Waals surface area contributed by atoms with E-state index in [1.54, 1.807) is 7.11 Å². The Balaban J connectivity index is 1.33. The summed E-state index contributed by atoms with van der Waals surface area (Å²) in [6, 6.07) is 18.1. The minimum Gasteiger partial charge on any atom is -0.497 e. The number of aryl methyl sites for hydroxylation is 1. The van der Waals surface area contributed by atoms with E-state index in [1.165, 1.54) is 5.69 Å². The molecule has 0 saturated carbocycles. The lowest BCUT2D eigenvalue weighted by Crippen LogP contribution is -2.48. The normalized spacial score (nSPS) is 14.5. The third kappa shape index (κ3) is 4.72. The molecule has 1 aromatic heterocycles. The Labute approximate surface area is 183 Å². The molecule has 31 heavy (non-hydrogen) atoms. The highest BCUT2D eigenvalue weighted by Crippen LogP contribution is 2.23. The Bertz CT molecular complexity index is 1020. The topological polar surface area (TPSA) is 62.6 Å². The molecule has 1 amide bonds. The number of nitrogens with zero attached hydrogens (tertiary/aromatic N) is 4. The number of ether oxygens (including phenoxy) is 1. The van der Waals surface area contributed by atoms with Gasteiger partial charge in [0, 0.05) is 31.9 Å². The molecule has 7 nitrogen and oxygen atoms in total. The van der Waals surface area contributed by atoms with E-state index in [9.17, 15) is 4.79 Å². The zero-order valence-corrected chi connectivity index (χ0v) is 18.3. The first-order valence-corrected chi connectivity index (χ1v) is 10.6. The molecule has 2 aromatic carbocycles. The van der Waals surface area contributed by atoms with Gasteiger partial charge in [0.1, 0.15) is 5.75 Å². The minimum absolute atomic E-state index is 0.00305. The number of hydrogen-bond donors (Lipinski definition) is 1. The largest absolute Gasteiger partial charge is 0.497 e. The third-order valence-corrected chi connectivity index (χ3v) is 5.73. The number of amides is 1. The van der Waals surface area contributed by atoms with Crippen LogP contribution in [0.2, 0.25) is 0 Å². The lowest BCUT2D eigenvalue weighted by Gasteiger charge is -2.35.